The molecule has 1 N–H and O–H groups in total. The summed E-state index contributed by atoms with van der Waals surface area (Å²) in [5.41, 5.74) is 0.443. The highest BCUT2D eigenvalue weighted by Crippen LogP contribution is 2.72. The van der Waals surface area contributed by atoms with Crippen LogP contribution in [0.3, 0.4) is 0 Å². The van der Waals surface area contributed by atoms with Crippen molar-refractivity contribution >= 4 is 0 Å². The van der Waals surface area contributed by atoms with Crippen molar-refractivity contribution in [2.45, 2.75) is 82.4 Å². The van der Waals surface area contributed by atoms with E-state index in [-0.39, 0.29) is 16.7 Å². The molecular weight excluding hydrogens is 392 g/mol. The van der Waals surface area contributed by atoms with Gasteiger partial charge in [-0.3, -0.25) is 0 Å². The van der Waals surface area contributed by atoms with Crippen LogP contribution in [0.2, 0.25) is 0 Å². The van der Waals surface area contributed by atoms with Crippen LogP contribution in [0.15, 0.2) is 24.3 Å². The highest BCUT2D eigenvalue weighted by molar-refractivity contribution is 5.31. The first-order valence-electron chi connectivity index (χ1n) is 12.4. The number of aliphatic hydroxyl groups is 1. The third-order valence-corrected chi connectivity index (χ3v) is 10.3. The zero-order valence-electron chi connectivity index (χ0n) is 19.2. The standard InChI is InChI=1S/C26H38O5/c1-4-8-24(27)17-23(3)20(7-9-26(23)30-14-15-31-26)19-6-5-18-16-25(28-12-13-29-25)11-10-22(18,2)21(19)24/h4,16,19-21,27H,1,5-15,17H2,2-3H3/t19-,20-,21-,22-,23-,24-/m0/s1. The maximum atomic E-state index is 12.4. The van der Waals surface area contributed by atoms with Crippen molar-refractivity contribution in [3.8, 4) is 0 Å². The molecule has 0 aromatic carbocycles. The van der Waals surface area contributed by atoms with Crippen LogP contribution in [0.4, 0.5) is 0 Å². The van der Waals surface area contributed by atoms with E-state index in [2.05, 4.69) is 26.5 Å². The number of allylic oxidation sites excluding steroid dienone is 1. The van der Waals surface area contributed by atoms with Crippen LogP contribution < -0.4 is 0 Å². The minimum Gasteiger partial charge on any atom is -0.389 e. The summed E-state index contributed by atoms with van der Waals surface area (Å²) in [6.07, 6.45) is 11.7. The predicted molar refractivity (Wildman–Crippen MR) is 116 cm³/mol. The summed E-state index contributed by atoms with van der Waals surface area (Å²) in [5.74, 6) is 0.166. The van der Waals surface area contributed by atoms with Crippen LogP contribution >= 0.6 is 0 Å². The van der Waals surface area contributed by atoms with E-state index in [1.165, 1.54) is 5.57 Å². The molecule has 2 aliphatic heterocycles. The Labute approximate surface area is 186 Å². The van der Waals surface area contributed by atoms with Gasteiger partial charge in [0.2, 0.25) is 0 Å². The van der Waals surface area contributed by atoms with Gasteiger partial charge in [0.15, 0.2) is 11.6 Å². The second-order valence-electron chi connectivity index (χ2n) is 11.6. The van der Waals surface area contributed by atoms with Gasteiger partial charge in [0.05, 0.1) is 32.0 Å². The molecule has 0 aromatic heterocycles. The van der Waals surface area contributed by atoms with Gasteiger partial charge < -0.3 is 24.1 Å². The predicted octanol–water partition coefficient (Wildman–Crippen LogP) is 4.35. The van der Waals surface area contributed by atoms with Gasteiger partial charge in [0.1, 0.15) is 0 Å². The Kier molecular flexibility index (Phi) is 4.48. The van der Waals surface area contributed by atoms with E-state index >= 15 is 0 Å². The van der Waals surface area contributed by atoms with Gasteiger partial charge >= 0.3 is 0 Å². The van der Waals surface area contributed by atoms with Crippen LogP contribution in [0.5, 0.6) is 0 Å². The monoisotopic (exact) mass is 430 g/mol. The van der Waals surface area contributed by atoms with Crippen LogP contribution in [0, 0.1) is 28.6 Å². The molecule has 2 saturated heterocycles. The molecule has 2 heterocycles. The fourth-order valence-electron chi connectivity index (χ4n) is 9.20. The van der Waals surface area contributed by atoms with E-state index in [0.29, 0.717) is 44.7 Å². The highest BCUT2D eigenvalue weighted by atomic mass is 16.7. The maximum absolute atomic E-state index is 12.4. The quantitative estimate of drug-likeness (QED) is 0.660. The molecule has 0 radical (unpaired) electrons. The normalized spacial score (nSPS) is 49.5. The number of ether oxygens (including phenoxy) is 4. The van der Waals surface area contributed by atoms with Crippen molar-refractivity contribution in [3.63, 3.8) is 0 Å². The summed E-state index contributed by atoms with van der Waals surface area (Å²) in [5, 5.41) is 12.4. The fraction of sp³-hybridized carbons (Fsp3) is 0.846. The van der Waals surface area contributed by atoms with E-state index in [0.717, 1.165) is 44.9 Å². The molecule has 4 aliphatic carbocycles. The molecule has 3 saturated carbocycles. The first-order valence-corrected chi connectivity index (χ1v) is 12.4. The van der Waals surface area contributed by atoms with E-state index < -0.39 is 17.2 Å². The minimum absolute atomic E-state index is 0.0320. The zero-order valence-corrected chi connectivity index (χ0v) is 19.2. The Bertz CT molecular complexity index is 794. The molecule has 5 nitrogen and oxygen atoms in total. The topological polar surface area (TPSA) is 57.2 Å². The van der Waals surface area contributed by atoms with Crippen molar-refractivity contribution in [3.05, 3.63) is 24.3 Å². The van der Waals surface area contributed by atoms with E-state index in [1.807, 2.05) is 6.08 Å². The molecule has 5 fully saturated rings. The van der Waals surface area contributed by atoms with Crippen molar-refractivity contribution < 1.29 is 24.1 Å². The van der Waals surface area contributed by atoms with Gasteiger partial charge in [-0.25, -0.2) is 0 Å². The molecular formula is C26H38O5. The molecule has 0 amide bonds. The lowest BCUT2D eigenvalue weighted by atomic mass is 9.42. The van der Waals surface area contributed by atoms with E-state index in [4.69, 9.17) is 18.9 Å². The summed E-state index contributed by atoms with van der Waals surface area (Å²) in [4.78, 5) is 0. The van der Waals surface area contributed by atoms with Crippen molar-refractivity contribution in [1.82, 2.24) is 0 Å². The summed E-state index contributed by atoms with van der Waals surface area (Å²) >= 11 is 0. The van der Waals surface area contributed by atoms with Crippen molar-refractivity contribution in [2.75, 3.05) is 26.4 Å². The highest BCUT2D eigenvalue weighted by Gasteiger charge is 2.72. The molecule has 0 bridgehead atoms. The van der Waals surface area contributed by atoms with Gasteiger partial charge in [-0.2, -0.15) is 0 Å². The first-order chi connectivity index (χ1) is 14.8. The van der Waals surface area contributed by atoms with E-state index in [9.17, 15) is 5.11 Å². The molecule has 6 atom stereocenters. The summed E-state index contributed by atoms with van der Waals surface area (Å²) in [7, 11) is 0. The zero-order chi connectivity index (χ0) is 21.5. The second-order valence-corrected chi connectivity index (χ2v) is 11.6. The average molecular weight is 431 g/mol. The Morgan fingerprint density at radius 3 is 2.45 bits per heavy atom. The second kappa shape index (κ2) is 6.66. The lowest BCUT2D eigenvalue weighted by molar-refractivity contribution is -0.278. The molecule has 0 aromatic rings. The number of hydrogen-bond acceptors (Lipinski definition) is 5. The Hall–Kier alpha value is -0.720. The molecule has 6 rings (SSSR count). The SMILES string of the molecule is C=CC[C@]1(O)C[C@@]2(C)[C@@H](CCC23OCCO3)[C@@H]2CCC3=CC4(CC[C@]3(C)[C@H]21)OCCO4. The van der Waals surface area contributed by atoms with Crippen LogP contribution in [-0.4, -0.2) is 48.7 Å². The summed E-state index contributed by atoms with van der Waals surface area (Å²) < 4.78 is 24.7. The Morgan fingerprint density at radius 2 is 1.74 bits per heavy atom. The molecule has 172 valence electrons. The molecule has 31 heavy (non-hydrogen) atoms. The lowest BCUT2D eigenvalue weighted by Gasteiger charge is -2.65. The number of fused-ring (bicyclic) bond motifs is 6. The van der Waals surface area contributed by atoms with Crippen LogP contribution in [0.25, 0.3) is 0 Å². The minimum atomic E-state index is -0.805. The van der Waals surface area contributed by atoms with Crippen LogP contribution in [-0.2, 0) is 18.9 Å². The Balaban J connectivity index is 1.43. The Morgan fingerprint density at radius 1 is 1.03 bits per heavy atom. The molecule has 6 aliphatic rings. The maximum Gasteiger partial charge on any atom is 0.188 e. The number of hydrogen-bond donors (Lipinski definition) is 1. The summed E-state index contributed by atoms with van der Waals surface area (Å²) in [6.45, 7) is 11.5. The average Bonchev–Trinajstić information content (AvgIpc) is 3.44. The molecule has 2 spiro atoms. The van der Waals surface area contributed by atoms with Gasteiger partial charge in [-0.05, 0) is 61.9 Å². The third kappa shape index (κ3) is 2.62. The third-order valence-electron chi connectivity index (χ3n) is 10.3. The van der Waals surface area contributed by atoms with Gasteiger partial charge in [-0.1, -0.05) is 25.5 Å². The molecule has 0 unspecified atom stereocenters. The first kappa shape index (κ1) is 20.9. The van der Waals surface area contributed by atoms with Gasteiger partial charge in [0.25, 0.3) is 0 Å². The lowest BCUT2D eigenvalue weighted by Crippen LogP contribution is -2.65. The summed E-state index contributed by atoms with van der Waals surface area (Å²) in [6, 6.07) is 0. The molecule has 5 heteroatoms. The smallest absolute Gasteiger partial charge is 0.188 e. The van der Waals surface area contributed by atoms with Gasteiger partial charge in [0, 0.05) is 24.2 Å². The van der Waals surface area contributed by atoms with Crippen molar-refractivity contribution in [1.29, 1.82) is 0 Å². The number of rotatable bonds is 2. The largest absolute Gasteiger partial charge is 0.389 e. The van der Waals surface area contributed by atoms with Crippen LogP contribution in [0.1, 0.15) is 65.2 Å². The van der Waals surface area contributed by atoms with Crippen molar-refractivity contribution in [2.24, 2.45) is 28.6 Å². The fourth-order valence-corrected chi connectivity index (χ4v) is 9.20. The van der Waals surface area contributed by atoms with Gasteiger partial charge in [-0.15, -0.1) is 6.58 Å². The van der Waals surface area contributed by atoms with E-state index in [1.54, 1.807) is 0 Å².